The van der Waals surface area contributed by atoms with Gasteiger partial charge in [0.25, 0.3) is 0 Å². The van der Waals surface area contributed by atoms with Gasteiger partial charge in [-0.1, -0.05) is 0 Å². The average Bonchev–Trinajstić information content (AvgIpc) is 2.43. The van der Waals surface area contributed by atoms with Gasteiger partial charge in [0.1, 0.15) is 11.6 Å². The highest BCUT2D eigenvalue weighted by molar-refractivity contribution is 14.1. The molecule has 0 atom stereocenters. The fraction of sp³-hybridized carbons (Fsp3) is 0.308. The molecule has 0 bridgehead atoms. The number of hydrogen-bond donors (Lipinski definition) is 1. The van der Waals surface area contributed by atoms with Crippen molar-refractivity contribution < 1.29 is 4.74 Å². The molecule has 0 aliphatic carbocycles. The van der Waals surface area contributed by atoms with E-state index in [9.17, 15) is 0 Å². The number of nitrogens with one attached hydrogen (secondary N) is 1. The Bertz CT molecular complexity index is 548. The van der Waals surface area contributed by atoms with Crippen molar-refractivity contribution >= 4 is 28.4 Å². The Balaban J connectivity index is 2.32. The zero-order chi connectivity index (χ0) is 13.7. The van der Waals surface area contributed by atoms with Crippen molar-refractivity contribution in [2.75, 3.05) is 19.5 Å². The molecule has 100 valence electrons. The predicted molar refractivity (Wildman–Crippen MR) is 82.1 cm³/mol. The minimum Gasteiger partial charge on any atom is -0.378 e. The van der Waals surface area contributed by atoms with Crippen LogP contribution in [0.2, 0.25) is 0 Å². The summed E-state index contributed by atoms with van der Waals surface area (Å²) in [6, 6.07) is 3.94. The second-order valence-electron chi connectivity index (χ2n) is 3.96. The van der Waals surface area contributed by atoms with E-state index in [0.717, 1.165) is 26.5 Å². The summed E-state index contributed by atoms with van der Waals surface area (Å²) in [5, 5.41) is 3.09. The third-order valence-corrected chi connectivity index (χ3v) is 3.73. The molecule has 0 aliphatic heterocycles. The van der Waals surface area contributed by atoms with Crippen LogP contribution in [0.1, 0.15) is 17.1 Å². The van der Waals surface area contributed by atoms with Gasteiger partial charge in [0.2, 0.25) is 0 Å². The van der Waals surface area contributed by atoms with Gasteiger partial charge >= 0.3 is 0 Å². The summed E-state index contributed by atoms with van der Waals surface area (Å²) >= 11 is 2.23. The average molecular weight is 370 g/mol. The first-order valence-corrected chi connectivity index (χ1v) is 6.93. The maximum Gasteiger partial charge on any atom is 0.143 e. The van der Waals surface area contributed by atoms with E-state index >= 15 is 0 Å². The van der Waals surface area contributed by atoms with Crippen LogP contribution in [0.15, 0.2) is 24.5 Å². The van der Waals surface area contributed by atoms with Gasteiger partial charge in [0.15, 0.2) is 0 Å². The summed E-state index contributed by atoms with van der Waals surface area (Å²) < 4.78 is 6.18. The van der Waals surface area contributed by atoms with Crippen molar-refractivity contribution in [3.05, 3.63) is 45.2 Å². The van der Waals surface area contributed by atoms with E-state index in [0.29, 0.717) is 13.0 Å². The number of rotatable bonds is 5. The highest BCUT2D eigenvalue weighted by Gasteiger charge is 2.11. The number of hydrogen-bond acceptors (Lipinski definition) is 5. The summed E-state index contributed by atoms with van der Waals surface area (Å²) in [6.45, 7) is 0.485. The van der Waals surface area contributed by atoms with E-state index in [-0.39, 0.29) is 0 Å². The molecule has 0 aliphatic rings. The van der Waals surface area contributed by atoms with Crippen LogP contribution in [0, 0.1) is 3.57 Å². The monoisotopic (exact) mass is 370 g/mol. The maximum atomic E-state index is 5.18. The van der Waals surface area contributed by atoms with Crippen molar-refractivity contribution in [3.8, 4) is 0 Å². The topological polar surface area (TPSA) is 59.9 Å². The lowest BCUT2D eigenvalue weighted by Crippen LogP contribution is -2.08. The summed E-state index contributed by atoms with van der Waals surface area (Å²) in [4.78, 5) is 13.1. The standard InChI is InChI=1S/C13H15IN4O/c1-15-13-12(14)10(8-19-2)17-11(18-13)7-9-3-5-16-6-4-9/h3-6H,7-8H2,1-2H3,(H,15,17,18). The Morgan fingerprint density at radius 1 is 1.26 bits per heavy atom. The molecule has 0 unspecified atom stereocenters. The third kappa shape index (κ3) is 3.60. The first-order chi connectivity index (χ1) is 9.24. The minimum atomic E-state index is 0.485. The number of methoxy groups -OCH3 is 1. The van der Waals surface area contributed by atoms with Gasteiger partial charge in [0, 0.05) is 33.0 Å². The van der Waals surface area contributed by atoms with Crippen molar-refractivity contribution in [2.24, 2.45) is 0 Å². The number of nitrogens with zero attached hydrogens (tertiary/aromatic N) is 3. The molecule has 0 fully saturated rings. The Morgan fingerprint density at radius 2 is 2.00 bits per heavy atom. The van der Waals surface area contributed by atoms with Crippen LogP contribution in [0.25, 0.3) is 0 Å². The maximum absolute atomic E-state index is 5.18. The molecule has 19 heavy (non-hydrogen) atoms. The fourth-order valence-electron chi connectivity index (χ4n) is 1.70. The molecular formula is C13H15IN4O. The number of aromatic nitrogens is 3. The largest absolute Gasteiger partial charge is 0.378 e. The van der Waals surface area contributed by atoms with Crippen LogP contribution in [0.4, 0.5) is 5.82 Å². The first kappa shape index (κ1) is 14.1. The molecule has 2 aromatic heterocycles. The van der Waals surface area contributed by atoms with E-state index in [2.05, 4.69) is 42.9 Å². The summed E-state index contributed by atoms with van der Waals surface area (Å²) in [6.07, 6.45) is 4.24. The smallest absolute Gasteiger partial charge is 0.143 e. The van der Waals surface area contributed by atoms with Crippen LogP contribution in [-0.2, 0) is 17.8 Å². The van der Waals surface area contributed by atoms with E-state index < -0.39 is 0 Å². The quantitative estimate of drug-likeness (QED) is 0.819. The lowest BCUT2D eigenvalue weighted by Gasteiger charge is -2.10. The van der Waals surface area contributed by atoms with Crippen molar-refractivity contribution in [3.63, 3.8) is 0 Å². The van der Waals surface area contributed by atoms with E-state index in [1.807, 2.05) is 19.2 Å². The van der Waals surface area contributed by atoms with Crippen LogP contribution < -0.4 is 5.32 Å². The number of ether oxygens (including phenoxy) is 1. The Morgan fingerprint density at radius 3 is 2.63 bits per heavy atom. The molecule has 0 saturated heterocycles. The molecule has 0 aromatic carbocycles. The zero-order valence-electron chi connectivity index (χ0n) is 10.9. The fourth-order valence-corrected chi connectivity index (χ4v) is 2.37. The molecule has 6 heteroatoms. The Labute approximate surface area is 126 Å². The molecule has 2 rings (SSSR count). The second kappa shape index (κ2) is 6.76. The van der Waals surface area contributed by atoms with Gasteiger partial charge in [-0.3, -0.25) is 4.98 Å². The predicted octanol–water partition coefficient (Wildman–Crippen LogP) is 2.26. The van der Waals surface area contributed by atoms with Crippen LogP contribution in [0.5, 0.6) is 0 Å². The Kier molecular flexibility index (Phi) is 5.03. The van der Waals surface area contributed by atoms with Crippen LogP contribution in [-0.4, -0.2) is 29.1 Å². The van der Waals surface area contributed by atoms with Crippen LogP contribution in [0.3, 0.4) is 0 Å². The van der Waals surface area contributed by atoms with Crippen molar-refractivity contribution in [1.29, 1.82) is 0 Å². The van der Waals surface area contributed by atoms with Gasteiger partial charge in [0.05, 0.1) is 15.9 Å². The van der Waals surface area contributed by atoms with E-state index in [4.69, 9.17) is 4.74 Å². The lowest BCUT2D eigenvalue weighted by molar-refractivity contribution is 0.180. The third-order valence-electron chi connectivity index (χ3n) is 2.60. The molecule has 0 radical (unpaired) electrons. The number of anilines is 1. The molecular weight excluding hydrogens is 355 g/mol. The Hall–Kier alpha value is -1.28. The molecule has 0 spiro atoms. The zero-order valence-corrected chi connectivity index (χ0v) is 13.0. The molecule has 0 saturated carbocycles. The van der Waals surface area contributed by atoms with Crippen molar-refractivity contribution in [2.45, 2.75) is 13.0 Å². The van der Waals surface area contributed by atoms with Crippen molar-refractivity contribution in [1.82, 2.24) is 15.0 Å². The summed E-state index contributed by atoms with van der Waals surface area (Å²) in [5.41, 5.74) is 2.05. The summed E-state index contributed by atoms with van der Waals surface area (Å²) in [5.74, 6) is 1.62. The van der Waals surface area contributed by atoms with Gasteiger partial charge in [-0.25, -0.2) is 9.97 Å². The molecule has 2 aromatic rings. The molecule has 5 nitrogen and oxygen atoms in total. The molecule has 2 heterocycles. The number of halogens is 1. The molecule has 1 N–H and O–H groups in total. The molecule has 0 amide bonds. The normalized spacial score (nSPS) is 10.5. The van der Waals surface area contributed by atoms with Crippen LogP contribution >= 0.6 is 22.6 Å². The second-order valence-corrected chi connectivity index (χ2v) is 5.04. The minimum absolute atomic E-state index is 0.485. The van der Waals surface area contributed by atoms with Gasteiger partial charge in [-0.05, 0) is 40.3 Å². The highest BCUT2D eigenvalue weighted by atomic mass is 127. The summed E-state index contributed by atoms with van der Waals surface area (Å²) in [7, 11) is 3.52. The van der Waals surface area contributed by atoms with Gasteiger partial charge in [-0.15, -0.1) is 0 Å². The van der Waals surface area contributed by atoms with E-state index in [1.165, 1.54) is 0 Å². The lowest BCUT2D eigenvalue weighted by atomic mass is 10.2. The first-order valence-electron chi connectivity index (χ1n) is 5.85. The van der Waals surface area contributed by atoms with E-state index in [1.54, 1.807) is 19.5 Å². The van der Waals surface area contributed by atoms with Gasteiger partial charge < -0.3 is 10.1 Å². The van der Waals surface area contributed by atoms with Gasteiger partial charge in [-0.2, -0.15) is 0 Å². The highest BCUT2D eigenvalue weighted by Crippen LogP contribution is 2.20. The SMILES string of the molecule is CNc1nc(Cc2ccncc2)nc(COC)c1I. The number of pyridine rings is 1.